The van der Waals surface area contributed by atoms with Gasteiger partial charge in [0.15, 0.2) is 5.82 Å². The Morgan fingerprint density at radius 1 is 0.740 bits per heavy atom. The van der Waals surface area contributed by atoms with Crippen LogP contribution in [0.25, 0.3) is 21.5 Å². The van der Waals surface area contributed by atoms with Gasteiger partial charge in [-0.15, -0.1) is 5.10 Å². The summed E-state index contributed by atoms with van der Waals surface area (Å²) in [6.45, 7) is 2.11. The van der Waals surface area contributed by atoms with Crippen molar-refractivity contribution in [2.75, 3.05) is 13.1 Å². The smallest absolute Gasteiger partial charge is 0.408 e. The predicted octanol–water partition coefficient (Wildman–Crippen LogP) is 5.71. The van der Waals surface area contributed by atoms with Gasteiger partial charge in [-0.1, -0.05) is 115 Å². The van der Waals surface area contributed by atoms with E-state index in [1.54, 1.807) is 4.68 Å². The predicted molar refractivity (Wildman–Crippen MR) is 193 cm³/mol. The van der Waals surface area contributed by atoms with Crippen LogP contribution in [0.1, 0.15) is 41.4 Å². The Labute approximate surface area is 291 Å². The van der Waals surface area contributed by atoms with Crippen LogP contribution < -0.4 is 16.0 Å². The largest absolute Gasteiger partial charge is 0.446 e. The van der Waals surface area contributed by atoms with Crippen molar-refractivity contribution in [3.8, 4) is 0 Å². The summed E-state index contributed by atoms with van der Waals surface area (Å²) in [7, 11) is 0. The van der Waals surface area contributed by atoms with Crippen LogP contribution in [-0.2, 0) is 35.3 Å². The molecule has 1 fully saturated rings. The highest BCUT2D eigenvalue weighted by Crippen LogP contribution is 2.23. The molecule has 10 nitrogen and oxygen atoms in total. The number of benzene rings is 5. The Morgan fingerprint density at radius 3 is 2.04 bits per heavy atom. The van der Waals surface area contributed by atoms with Crippen LogP contribution in [-0.4, -0.2) is 57.4 Å². The van der Waals surface area contributed by atoms with Gasteiger partial charge in [0.2, 0.25) is 5.91 Å². The van der Waals surface area contributed by atoms with E-state index in [0.717, 1.165) is 70.6 Å². The lowest BCUT2D eigenvalue weighted by Gasteiger charge is -2.26. The molecule has 2 amide bonds. The third-order valence-corrected chi connectivity index (χ3v) is 9.32. The van der Waals surface area contributed by atoms with E-state index >= 15 is 0 Å². The Morgan fingerprint density at radius 2 is 1.36 bits per heavy atom. The lowest BCUT2D eigenvalue weighted by Crippen LogP contribution is -2.50. The quantitative estimate of drug-likeness (QED) is 0.153. The molecule has 0 unspecified atom stereocenters. The number of carbonyl (C=O) groups excluding carboxylic acids is 2. The Balaban J connectivity index is 1.16. The maximum atomic E-state index is 14.4. The maximum Gasteiger partial charge on any atom is 0.408 e. The molecule has 50 heavy (non-hydrogen) atoms. The first kappa shape index (κ1) is 32.9. The molecule has 0 saturated carbocycles. The van der Waals surface area contributed by atoms with Gasteiger partial charge in [-0.2, -0.15) is 0 Å². The summed E-state index contributed by atoms with van der Waals surface area (Å²) in [6, 6.07) is 37.3. The number of carbonyl (C=O) groups is 2. The summed E-state index contributed by atoms with van der Waals surface area (Å²) in [4.78, 5) is 27.6. The van der Waals surface area contributed by atoms with E-state index in [9.17, 15) is 9.59 Å². The van der Waals surface area contributed by atoms with Crippen molar-refractivity contribution in [1.29, 1.82) is 0 Å². The molecule has 2 atom stereocenters. The summed E-state index contributed by atoms with van der Waals surface area (Å²) in [5.41, 5.74) is 3.11. The van der Waals surface area contributed by atoms with E-state index in [-0.39, 0.29) is 18.4 Å². The minimum absolute atomic E-state index is 0.199. The van der Waals surface area contributed by atoms with Gasteiger partial charge in [0.05, 0.1) is 6.04 Å². The second kappa shape index (κ2) is 15.7. The molecule has 0 spiro atoms. The van der Waals surface area contributed by atoms with Crippen LogP contribution >= 0.6 is 0 Å². The summed E-state index contributed by atoms with van der Waals surface area (Å²) in [6.07, 6.45) is 2.11. The fraction of sp³-hybridized carbons (Fsp3) is 0.275. The third kappa shape index (κ3) is 8.33. The highest BCUT2D eigenvalue weighted by atomic mass is 16.6. The van der Waals surface area contributed by atoms with Crippen molar-refractivity contribution in [3.63, 3.8) is 0 Å². The number of alkyl carbamates (subject to hydrolysis) is 1. The molecule has 2 heterocycles. The Kier molecular flexibility index (Phi) is 10.4. The number of fused-ring (bicyclic) bond motifs is 2. The molecule has 0 aliphatic carbocycles. The number of nitrogens with zero attached hydrogens (tertiary/aromatic N) is 4. The van der Waals surface area contributed by atoms with E-state index < -0.39 is 18.2 Å². The number of nitrogens with one attached hydrogen (secondary N) is 3. The lowest BCUT2D eigenvalue weighted by molar-refractivity contribution is -0.124. The highest BCUT2D eigenvalue weighted by molar-refractivity contribution is 5.87. The molecule has 0 bridgehead atoms. The number of hydrogen-bond donors (Lipinski definition) is 3. The number of ether oxygens (including phenoxy) is 1. The average Bonchev–Trinajstić information content (AvgIpc) is 3.63. The molecule has 6 aromatic rings. The lowest BCUT2D eigenvalue weighted by atomic mass is 9.99. The third-order valence-electron chi connectivity index (χ3n) is 9.32. The van der Waals surface area contributed by atoms with Gasteiger partial charge in [0.1, 0.15) is 12.1 Å². The fourth-order valence-electron chi connectivity index (χ4n) is 6.63. The molecule has 1 saturated heterocycles. The molecule has 3 N–H and O–H groups in total. The highest BCUT2D eigenvalue weighted by Gasteiger charge is 2.29. The summed E-state index contributed by atoms with van der Waals surface area (Å²) >= 11 is 0. The topological polar surface area (TPSA) is 123 Å². The van der Waals surface area contributed by atoms with E-state index in [2.05, 4.69) is 86.1 Å². The zero-order valence-electron chi connectivity index (χ0n) is 27.9. The molecule has 5 aromatic carbocycles. The Bertz CT molecular complexity index is 2060. The molecule has 1 aliphatic heterocycles. The van der Waals surface area contributed by atoms with Gasteiger partial charge in [0.25, 0.3) is 0 Å². The van der Waals surface area contributed by atoms with Crippen molar-refractivity contribution in [2.24, 2.45) is 0 Å². The van der Waals surface area contributed by atoms with Crippen molar-refractivity contribution in [2.45, 2.75) is 56.8 Å². The SMILES string of the molecule is O=C(N[C@H](Cc1ccc2ccccc2c1)C(=O)N[C@H](Cc1ccc2ccccc2c1)c1nnnn1CCc1ccccc1)OC1CCNCC1. The normalized spacial score (nSPS) is 14.6. The molecule has 7 rings (SSSR count). The maximum absolute atomic E-state index is 14.4. The number of aromatic nitrogens is 4. The summed E-state index contributed by atoms with van der Waals surface area (Å²) in [5, 5.41) is 26.6. The van der Waals surface area contributed by atoms with Gasteiger partial charge in [-0.3, -0.25) is 4.79 Å². The number of hydrogen-bond acceptors (Lipinski definition) is 7. The van der Waals surface area contributed by atoms with Crippen LogP contribution in [0.5, 0.6) is 0 Å². The number of rotatable bonds is 12. The van der Waals surface area contributed by atoms with Gasteiger partial charge in [-0.25, -0.2) is 9.48 Å². The van der Waals surface area contributed by atoms with Gasteiger partial charge < -0.3 is 20.7 Å². The molecule has 1 aliphatic rings. The van der Waals surface area contributed by atoms with Crippen molar-refractivity contribution >= 4 is 33.5 Å². The minimum atomic E-state index is -0.905. The number of amides is 2. The molecule has 254 valence electrons. The van der Waals surface area contributed by atoms with Crippen LogP contribution in [0.15, 0.2) is 115 Å². The zero-order valence-corrected chi connectivity index (χ0v) is 27.9. The average molecular weight is 668 g/mol. The molecular weight excluding hydrogens is 626 g/mol. The first-order valence-electron chi connectivity index (χ1n) is 17.3. The monoisotopic (exact) mass is 667 g/mol. The second-order valence-electron chi connectivity index (χ2n) is 12.9. The molecular formula is C40H41N7O3. The number of tetrazole rings is 1. The molecule has 0 radical (unpaired) electrons. The van der Waals surface area contributed by atoms with Crippen LogP contribution in [0.3, 0.4) is 0 Å². The van der Waals surface area contributed by atoms with Crippen molar-refractivity contribution in [3.05, 3.63) is 138 Å². The van der Waals surface area contributed by atoms with E-state index in [1.807, 2.05) is 60.7 Å². The van der Waals surface area contributed by atoms with Crippen LogP contribution in [0, 0.1) is 0 Å². The van der Waals surface area contributed by atoms with Gasteiger partial charge in [-0.05, 0) is 81.0 Å². The zero-order chi connectivity index (χ0) is 34.1. The second-order valence-corrected chi connectivity index (χ2v) is 12.9. The number of piperidine rings is 1. The van der Waals surface area contributed by atoms with Crippen molar-refractivity contribution < 1.29 is 14.3 Å². The van der Waals surface area contributed by atoms with Crippen LogP contribution in [0.2, 0.25) is 0 Å². The fourth-order valence-corrected chi connectivity index (χ4v) is 6.63. The van der Waals surface area contributed by atoms with E-state index in [1.165, 1.54) is 0 Å². The molecule has 10 heteroatoms. The minimum Gasteiger partial charge on any atom is -0.446 e. The molecule has 1 aromatic heterocycles. The Hall–Kier alpha value is -5.61. The van der Waals surface area contributed by atoms with Gasteiger partial charge >= 0.3 is 6.09 Å². The number of aryl methyl sites for hydroxylation is 2. The van der Waals surface area contributed by atoms with E-state index in [0.29, 0.717) is 18.8 Å². The van der Waals surface area contributed by atoms with Gasteiger partial charge in [0, 0.05) is 19.4 Å². The summed E-state index contributed by atoms with van der Waals surface area (Å²) < 4.78 is 7.54. The van der Waals surface area contributed by atoms with Crippen LogP contribution in [0.4, 0.5) is 4.79 Å². The standard InChI is InChI=1S/C40H41N7O3/c48-39(37(43-40(49)50-35-18-21-41-22-19-35)27-30-15-17-32-11-5-7-13-34(32)25-30)42-36(26-29-14-16-31-10-4-6-12-33(31)24-29)38-44-45-46-47(38)23-20-28-8-2-1-3-9-28/h1-17,24-25,35-37,41H,18-23,26-27H2,(H,42,48)(H,43,49)/t36-,37-/m1/s1. The summed E-state index contributed by atoms with van der Waals surface area (Å²) in [5.74, 6) is 0.202. The van der Waals surface area contributed by atoms with E-state index in [4.69, 9.17) is 4.74 Å². The first-order chi connectivity index (χ1) is 24.6. The first-order valence-corrected chi connectivity index (χ1v) is 17.3. The van der Waals surface area contributed by atoms with Crippen molar-refractivity contribution in [1.82, 2.24) is 36.2 Å².